The van der Waals surface area contributed by atoms with Crippen molar-refractivity contribution < 1.29 is 19.4 Å². The molecule has 3 atom stereocenters. The first-order valence-electron chi connectivity index (χ1n) is 6.03. The molecule has 1 rings (SSSR count). The summed E-state index contributed by atoms with van der Waals surface area (Å²) in [6, 6.07) is -0.263. The minimum atomic E-state index is -0.869. The molecule has 0 radical (unpaired) electrons. The summed E-state index contributed by atoms with van der Waals surface area (Å²) in [6.45, 7) is 3.58. The summed E-state index contributed by atoms with van der Waals surface area (Å²) in [5.41, 5.74) is -0.869. The molecule has 1 amide bonds. The second-order valence-electron chi connectivity index (χ2n) is 4.74. The van der Waals surface area contributed by atoms with Crippen LogP contribution in [0.25, 0.3) is 0 Å². The summed E-state index contributed by atoms with van der Waals surface area (Å²) >= 11 is 0. The number of hydrogen-bond acceptors (Lipinski definition) is 3. The molecule has 1 aliphatic rings. The van der Waals surface area contributed by atoms with Gasteiger partial charge in [-0.05, 0) is 26.2 Å². The SMILES string of the molecule is CCC(C)(OC)C(=O)NC1CCCC1C(=O)O. The molecule has 0 aromatic rings. The van der Waals surface area contributed by atoms with E-state index < -0.39 is 17.5 Å². The summed E-state index contributed by atoms with van der Waals surface area (Å²) in [7, 11) is 1.49. The van der Waals surface area contributed by atoms with E-state index in [0.717, 1.165) is 12.8 Å². The largest absolute Gasteiger partial charge is 0.481 e. The molecule has 17 heavy (non-hydrogen) atoms. The minimum absolute atomic E-state index is 0.222. The molecule has 0 saturated heterocycles. The highest BCUT2D eigenvalue weighted by atomic mass is 16.5. The van der Waals surface area contributed by atoms with E-state index in [0.29, 0.717) is 12.8 Å². The smallest absolute Gasteiger partial charge is 0.308 e. The molecule has 1 saturated carbocycles. The minimum Gasteiger partial charge on any atom is -0.481 e. The summed E-state index contributed by atoms with van der Waals surface area (Å²) in [6.07, 6.45) is 2.76. The lowest BCUT2D eigenvalue weighted by Crippen LogP contribution is -2.51. The van der Waals surface area contributed by atoms with Gasteiger partial charge in [-0.3, -0.25) is 9.59 Å². The van der Waals surface area contributed by atoms with Gasteiger partial charge < -0.3 is 15.2 Å². The van der Waals surface area contributed by atoms with Gasteiger partial charge in [0, 0.05) is 13.2 Å². The van der Waals surface area contributed by atoms with E-state index in [1.54, 1.807) is 6.92 Å². The maximum atomic E-state index is 12.0. The van der Waals surface area contributed by atoms with Crippen molar-refractivity contribution in [1.29, 1.82) is 0 Å². The summed E-state index contributed by atoms with van der Waals surface area (Å²) < 4.78 is 5.20. The van der Waals surface area contributed by atoms with Gasteiger partial charge in [-0.25, -0.2) is 0 Å². The van der Waals surface area contributed by atoms with Crippen LogP contribution >= 0.6 is 0 Å². The Morgan fingerprint density at radius 1 is 1.47 bits per heavy atom. The number of nitrogens with one attached hydrogen (secondary N) is 1. The quantitative estimate of drug-likeness (QED) is 0.760. The molecule has 5 heteroatoms. The molecule has 1 fully saturated rings. The average Bonchev–Trinajstić information content (AvgIpc) is 2.76. The Morgan fingerprint density at radius 3 is 2.59 bits per heavy atom. The number of carboxylic acids is 1. The van der Waals surface area contributed by atoms with Crippen LogP contribution in [0.4, 0.5) is 0 Å². The molecule has 3 unspecified atom stereocenters. The number of ether oxygens (including phenoxy) is 1. The number of carbonyl (C=O) groups is 2. The number of rotatable bonds is 5. The fraction of sp³-hybridized carbons (Fsp3) is 0.833. The highest BCUT2D eigenvalue weighted by molar-refractivity contribution is 5.85. The van der Waals surface area contributed by atoms with Gasteiger partial charge in [0.05, 0.1) is 5.92 Å². The molecule has 0 spiro atoms. The Morgan fingerprint density at radius 2 is 2.12 bits per heavy atom. The van der Waals surface area contributed by atoms with Crippen LogP contribution in [0.1, 0.15) is 39.5 Å². The van der Waals surface area contributed by atoms with Crippen LogP contribution in [0.3, 0.4) is 0 Å². The van der Waals surface area contributed by atoms with Crippen molar-refractivity contribution in [3.63, 3.8) is 0 Å². The van der Waals surface area contributed by atoms with Gasteiger partial charge in [-0.15, -0.1) is 0 Å². The normalized spacial score (nSPS) is 27.5. The standard InChI is InChI=1S/C12H21NO4/c1-4-12(2,17-3)11(16)13-9-7-5-6-8(9)10(14)15/h8-9H,4-7H2,1-3H3,(H,13,16)(H,14,15). The zero-order chi connectivity index (χ0) is 13.1. The van der Waals surface area contributed by atoms with E-state index >= 15 is 0 Å². The van der Waals surface area contributed by atoms with Gasteiger partial charge in [0.2, 0.25) is 0 Å². The fourth-order valence-electron chi connectivity index (χ4n) is 2.15. The van der Waals surface area contributed by atoms with Crippen molar-refractivity contribution in [3.8, 4) is 0 Å². The van der Waals surface area contributed by atoms with Crippen molar-refractivity contribution in [2.75, 3.05) is 7.11 Å². The molecule has 0 bridgehead atoms. The molecule has 5 nitrogen and oxygen atoms in total. The third-order valence-corrected chi connectivity index (χ3v) is 3.76. The van der Waals surface area contributed by atoms with Gasteiger partial charge >= 0.3 is 5.97 Å². The van der Waals surface area contributed by atoms with E-state index in [4.69, 9.17) is 9.84 Å². The highest BCUT2D eigenvalue weighted by Crippen LogP contribution is 2.27. The monoisotopic (exact) mass is 243 g/mol. The van der Waals surface area contributed by atoms with Gasteiger partial charge in [0.25, 0.3) is 5.91 Å². The third kappa shape index (κ3) is 2.97. The molecule has 98 valence electrons. The van der Waals surface area contributed by atoms with Gasteiger partial charge in [0.15, 0.2) is 0 Å². The van der Waals surface area contributed by atoms with Crippen molar-refractivity contribution in [2.24, 2.45) is 5.92 Å². The zero-order valence-electron chi connectivity index (χ0n) is 10.7. The summed E-state index contributed by atoms with van der Waals surface area (Å²) in [5.74, 6) is -1.51. The molecule has 1 aliphatic carbocycles. The number of carboxylic acid groups (broad SMARTS) is 1. The predicted molar refractivity (Wildman–Crippen MR) is 62.6 cm³/mol. The van der Waals surface area contributed by atoms with Crippen molar-refractivity contribution in [2.45, 2.75) is 51.2 Å². The summed E-state index contributed by atoms with van der Waals surface area (Å²) in [5, 5.41) is 11.8. The average molecular weight is 243 g/mol. The van der Waals surface area contributed by atoms with Gasteiger partial charge in [-0.1, -0.05) is 13.3 Å². The lowest BCUT2D eigenvalue weighted by molar-refractivity contribution is -0.145. The van der Waals surface area contributed by atoms with Crippen molar-refractivity contribution >= 4 is 11.9 Å². The Kier molecular flexibility index (Phi) is 4.51. The van der Waals surface area contributed by atoms with Crippen LogP contribution < -0.4 is 5.32 Å². The number of methoxy groups -OCH3 is 1. The second kappa shape index (κ2) is 5.49. The topological polar surface area (TPSA) is 75.6 Å². The lowest BCUT2D eigenvalue weighted by atomic mass is 9.99. The van der Waals surface area contributed by atoms with Crippen LogP contribution in [-0.2, 0) is 14.3 Å². The Balaban J connectivity index is 2.65. The number of hydrogen-bond donors (Lipinski definition) is 2. The zero-order valence-corrected chi connectivity index (χ0v) is 10.7. The Labute approximate surface area is 102 Å². The maximum Gasteiger partial charge on any atom is 0.308 e. The Hall–Kier alpha value is -1.10. The van der Waals surface area contributed by atoms with Crippen LogP contribution in [0.5, 0.6) is 0 Å². The summed E-state index contributed by atoms with van der Waals surface area (Å²) in [4.78, 5) is 23.0. The van der Waals surface area contributed by atoms with Gasteiger partial charge in [-0.2, -0.15) is 0 Å². The fourth-order valence-corrected chi connectivity index (χ4v) is 2.15. The van der Waals surface area contributed by atoms with Crippen molar-refractivity contribution in [1.82, 2.24) is 5.32 Å². The number of carbonyl (C=O) groups excluding carboxylic acids is 1. The molecular weight excluding hydrogens is 222 g/mol. The van der Waals surface area contributed by atoms with Crippen LogP contribution in [0, 0.1) is 5.92 Å². The van der Waals surface area contributed by atoms with Gasteiger partial charge in [0.1, 0.15) is 5.60 Å². The molecule has 0 heterocycles. The highest BCUT2D eigenvalue weighted by Gasteiger charge is 2.38. The van der Waals surface area contributed by atoms with E-state index in [1.165, 1.54) is 7.11 Å². The molecule has 0 aromatic carbocycles. The first-order valence-corrected chi connectivity index (χ1v) is 6.03. The van der Waals surface area contributed by atoms with E-state index in [-0.39, 0.29) is 11.9 Å². The number of aliphatic carboxylic acids is 1. The first kappa shape index (κ1) is 14.0. The van der Waals surface area contributed by atoms with Crippen molar-refractivity contribution in [3.05, 3.63) is 0 Å². The van der Waals surface area contributed by atoms with E-state index in [1.807, 2.05) is 6.92 Å². The molecular formula is C12H21NO4. The Bertz CT molecular complexity index is 299. The molecule has 0 aromatic heterocycles. The molecule has 0 aliphatic heterocycles. The van der Waals surface area contributed by atoms with Crippen LogP contribution in [-0.4, -0.2) is 35.7 Å². The van der Waals surface area contributed by atoms with Crippen LogP contribution in [0.15, 0.2) is 0 Å². The van der Waals surface area contributed by atoms with Crippen LogP contribution in [0.2, 0.25) is 0 Å². The predicted octanol–water partition coefficient (Wildman–Crippen LogP) is 1.17. The second-order valence-corrected chi connectivity index (χ2v) is 4.74. The van der Waals surface area contributed by atoms with E-state index in [9.17, 15) is 9.59 Å². The van der Waals surface area contributed by atoms with E-state index in [2.05, 4.69) is 5.32 Å². The number of amides is 1. The maximum absolute atomic E-state index is 12.0. The lowest BCUT2D eigenvalue weighted by Gasteiger charge is -2.28. The third-order valence-electron chi connectivity index (χ3n) is 3.76. The molecule has 2 N–H and O–H groups in total. The first-order chi connectivity index (χ1) is 7.94.